The lowest BCUT2D eigenvalue weighted by Gasteiger charge is -2.14. The molecule has 28 heavy (non-hydrogen) atoms. The molecular weight excluding hydrogens is 384 g/mol. The van der Waals surface area contributed by atoms with Crippen LogP contribution in [0.1, 0.15) is 24.2 Å². The predicted octanol–water partition coefficient (Wildman–Crippen LogP) is 1.74. The SMILES string of the molecule is CC(=O)c1cccc(NC(=O)COC(=O)C(C)NS(=O)(=O)c2ccccc2)c1. The minimum atomic E-state index is -3.89. The van der Waals surface area contributed by atoms with Crippen molar-refractivity contribution < 1.29 is 27.5 Å². The lowest BCUT2D eigenvalue weighted by atomic mass is 10.1. The lowest BCUT2D eigenvalue weighted by Crippen LogP contribution is -2.40. The van der Waals surface area contributed by atoms with Crippen LogP contribution in [0.25, 0.3) is 0 Å². The zero-order chi connectivity index (χ0) is 20.7. The predicted molar refractivity (Wildman–Crippen MR) is 102 cm³/mol. The molecule has 0 spiro atoms. The van der Waals surface area contributed by atoms with Gasteiger partial charge in [-0.15, -0.1) is 0 Å². The van der Waals surface area contributed by atoms with E-state index in [1.54, 1.807) is 36.4 Å². The first-order chi connectivity index (χ1) is 13.2. The number of amides is 1. The van der Waals surface area contributed by atoms with Crippen LogP contribution in [-0.4, -0.2) is 38.7 Å². The summed E-state index contributed by atoms with van der Waals surface area (Å²) >= 11 is 0. The van der Waals surface area contributed by atoms with Crippen molar-refractivity contribution in [2.24, 2.45) is 0 Å². The molecule has 0 fully saturated rings. The normalized spacial score (nSPS) is 12.1. The largest absolute Gasteiger partial charge is 0.454 e. The summed E-state index contributed by atoms with van der Waals surface area (Å²) in [7, 11) is -3.89. The Morgan fingerprint density at radius 2 is 1.71 bits per heavy atom. The highest BCUT2D eigenvalue weighted by atomic mass is 32.2. The maximum Gasteiger partial charge on any atom is 0.324 e. The zero-order valence-corrected chi connectivity index (χ0v) is 16.2. The third-order valence-electron chi connectivity index (χ3n) is 3.64. The van der Waals surface area contributed by atoms with E-state index < -0.39 is 34.5 Å². The number of nitrogens with one attached hydrogen (secondary N) is 2. The molecule has 2 N–H and O–H groups in total. The van der Waals surface area contributed by atoms with Crippen LogP contribution in [0.5, 0.6) is 0 Å². The summed E-state index contributed by atoms with van der Waals surface area (Å²) in [6.07, 6.45) is 0. The van der Waals surface area contributed by atoms with Crippen LogP contribution in [0, 0.1) is 0 Å². The number of hydrogen-bond donors (Lipinski definition) is 2. The average Bonchev–Trinajstić information content (AvgIpc) is 2.66. The molecule has 2 aromatic carbocycles. The Balaban J connectivity index is 1.88. The summed E-state index contributed by atoms with van der Waals surface area (Å²) in [6.45, 7) is 2.12. The lowest BCUT2D eigenvalue weighted by molar-refractivity contribution is -0.148. The van der Waals surface area contributed by atoms with E-state index in [-0.39, 0.29) is 10.7 Å². The van der Waals surface area contributed by atoms with E-state index in [2.05, 4.69) is 10.0 Å². The van der Waals surface area contributed by atoms with Gasteiger partial charge in [0.15, 0.2) is 12.4 Å². The van der Waals surface area contributed by atoms with Gasteiger partial charge in [0.1, 0.15) is 6.04 Å². The first-order valence-electron chi connectivity index (χ1n) is 8.34. The van der Waals surface area contributed by atoms with Crippen LogP contribution in [0.3, 0.4) is 0 Å². The van der Waals surface area contributed by atoms with Gasteiger partial charge in [-0.05, 0) is 38.1 Å². The molecule has 2 rings (SSSR count). The van der Waals surface area contributed by atoms with Gasteiger partial charge in [0.05, 0.1) is 4.90 Å². The number of sulfonamides is 1. The Morgan fingerprint density at radius 1 is 1.04 bits per heavy atom. The molecule has 1 unspecified atom stereocenters. The second kappa shape index (κ2) is 9.25. The van der Waals surface area contributed by atoms with E-state index in [9.17, 15) is 22.8 Å². The van der Waals surface area contributed by atoms with Crippen molar-refractivity contribution in [1.29, 1.82) is 0 Å². The van der Waals surface area contributed by atoms with Gasteiger partial charge in [0, 0.05) is 11.3 Å². The van der Waals surface area contributed by atoms with Gasteiger partial charge in [-0.3, -0.25) is 14.4 Å². The number of hydrogen-bond acceptors (Lipinski definition) is 6. The van der Waals surface area contributed by atoms with Crippen LogP contribution in [0.15, 0.2) is 59.5 Å². The van der Waals surface area contributed by atoms with Gasteiger partial charge in [-0.2, -0.15) is 4.72 Å². The van der Waals surface area contributed by atoms with Crippen LogP contribution < -0.4 is 10.0 Å². The van der Waals surface area contributed by atoms with Crippen molar-refractivity contribution >= 4 is 33.4 Å². The topological polar surface area (TPSA) is 119 Å². The van der Waals surface area contributed by atoms with Gasteiger partial charge >= 0.3 is 5.97 Å². The molecule has 0 aliphatic heterocycles. The van der Waals surface area contributed by atoms with Gasteiger partial charge in [-0.1, -0.05) is 30.3 Å². The summed E-state index contributed by atoms with van der Waals surface area (Å²) in [6, 6.07) is 12.7. The fourth-order valence-electron chi connectivity index (χ4n) is 2.22. The van der Waals surface area contributed by atoms with Gasteiger partial charge < -0.3 is 10.1 Å². The fourth-order valence-corrected chi connectivity index (χ4v) is 3.44. The number of carbonyl (C=O) groups is 3. The van der Waals surface area contributed by atoms with Gasteiger partial charge in [-0.25, -0.2) is 8.42 Å². The number of anilines is 1. The summed E-state index contributed by atoms with van der Waals surface area (Å²) in [5.41, 5.74) is 0.810. The Kier molecular flexibility index (Phi) is 7.02. The standard InChI is InChI=1S/C19H20N2O6S/c1-13(21-28(25,26)17-9-4-3-5-10-17)19(24)27-12-18(23)20-16-8-6-7-15(11-16)14(2)22/h3-11,13,21H,12H2,1-2H3,(H,20,23). The third-order valence-corrected chi connectivity index (χ3v) is 5.19. The molecule has 0 saturated heterocycles. The molecular formula is C19H20N2O6S. The van der Waals surface area contributed by atoms with Crippen molar-refractivity contribution in [2.45, 2.75) is 24.8 Å². The van der Waals surface area contributed by atoms with Crippen LogP contribution in [-0.2, 0) is 24.3 Å². The smallest absolute Gasteiger partial charge is 0.324 e. The monoisotopic (exact) mass is 404 g/mol. The maximum atomic E-state index is 12.2. The Labute approximate surface area is 163 Å². The molecule has 9 heteroatoms. The number of ketones is 1. The molecule has 0 saturated carbocycles. The van der Waals surface area contributed by atoms with Gasteiger partial charge in [0.25, 0.3) is 5.91 Å². The summed E-state index contributed by atoms with van der Waals surface area (Å²) in [4.78, 5) is 35.3. The number of Topliss-reactive ketones (excluding diaryl/α,β-unsaturated/α-hetero) is 1. The molecule has 0 radical (unpaired) electrons. The zero-order valence-electron chi connectivity index (χ0n) is 15.3. The maximum absolute atomic E-state index is 12.2. The number of carbonyl (C=O) groups excluding carboxylic acids is 3. The van der Waals surface area contributed by atoms with Crippen molar-refractivity contribution in [3.63, 3.8) is 0 Å². The minimum absolute atomic E-state index is 0.0118. The van der Waals surface area contributed by atoms with Crippen LogP contribution in [0.4, 0.5) is 5.69 Å². The Hall–Kier alpha value is -3.04. The summed E-state index contributed by atoms with van der Waals surface area (Å²) in [5, 5.41) is 2.50. The van der Waals surface area contributed by atoms with E-state index in [0.29, 0.717) is 11.3 Å². The Morgan fingerprint density at radius 3 is 2.36 bits per heavy atom. The molecule has 148 valence electrons. The second-order valence-corrected chi connectivity index (χ2v) is 7.66. The summed E-state index contributed by atoms with van der Waals surface area (Å²) < 4.78 is 31.4. The number of ether oxygens (including phenoxy) is 1. The third kappa shape index (κ3) is 6.00. The van der Waals surface area contributed by atoms with Crippen molar-refractivity contribution in [2.75, 3.05) is 11.9 Å². The molecule has 2 aromatic rings. The summed E-state index contributed by atoms with van der Waals surface area (Å²) in [5.74, 6) is -1.67. The first-order valence-corrected chi connectivity index (χ1v) is 9.82. The molecule has 8 nitrogen and oxygen atoms in total. The highest BCUT2D eigenvalue weighted by molar-refractivity contribution is 7.89. The quantitative estimate of drug-likeness (QED) is 0.511. The van der Waals surface area contributed by atoms with Gasteiger partial charge in [0.2, 0.25) is 10.0 Å². The molecule has 0 aromatic heterocycles. The first kappa shape index (κ1) is 21.3. The van der Waals surface area contributed by atoms with E-state index in [1.807, 2.05) is 0 Å². The highest BCUT2D eigenvalue weighted by Crippen LogP contribution is 2.11. The van der Waals surface area contributed by atoms with Crippen molar-refractivity contribution in [3.05, 3.63) is 60.2 Å². The molecule has 1 amide bonds. The number of rotatable bonds is 8. The van der Waals surface area contributed by atoms with E-state index in [1.165, 1.54) is 32.0 Å². The number of benzene rings is 2. The van der Waals surface area contributed by atoms with E-state index in [0.717, 1.165) is 0 Å². The molecule has 0 aliphatic carbocycles. The molecule has 0 aliphatic rings. The highest BCUT2D eigenvalue weighted by Gasteiger charge is 2.23. The average molecular weight is 404 g/mol. The second-order valence-electron chi connectivity index (χ2n) is 5.95. The fraction of sp³-hybridized carbons (Fsp3) is 0.211. The Bertz CT molecular complexity index is 973. The van der Waals surface area contributed by atoms with E-state index in [4.69, 9.17) is 4.74 Å². The number of esters is 1. The van der Waals surface area contributed by atoms with Crippen LogP contribution >= 0.6 is 0 Å². The van der Waals surface area contributed by atoms with Crippen molar-refractivity contribution in [3.8, 4) is 0 Å². The molecule has 1 atom stereocenters. The minimum Gasteiger partial charge on any atom is -0.454 e. The van der Waals surface area contributed by atoms with E-state index >= 15 is 0 Å². The van der Waals surface area contributed by atoms with Crippen molar-refractivity contribution in [1.82, 2.24) is 4.72 Å². The molecule has 0 bridgehead atoms. The molecule has 0 heterocycles. The van der Waals surface area contributed by atoms with Crippen LogP contribution in [0.2, 0.25) is 0 Å².